The number of benzene rings is 1. The van der Waals surface area contributed by atoms with Crippen molar-refractivity contribution >= 4 is 16.8 Å². The maximum absolute atomic E-state index is 12.9. The van der Waals surface area contributed by atoms with Gasteiger partial charge in [0.05, 0.1) is 16.9 Å². The first-order valence-corrected chi connectivity index (χ1v) is 8.89. The number of nitrogens with zero attached hydrogens (tertiary/aromatic N) is 5. The summed E-state index contributed by atoms with van der Waals surface area (Å²) < 4.78 is 1.73. The SMILES string of the molecule is CNCC1CCN(C(=O)c2nnn(-c3cccc4ncccc34)c2C)C1. The number of rotatable bonds is 4. The van der Waals surface area contributed by atoms with Crippen molar-refractivity contribution in [3.8, 4) is 5.69 Å². The normalized spacial score (nSPS) is 17.2. The number of likely N-dealkylation sites (tertiary alicyclic amines) is 1. The van der Waals surface area contributed by atoms with Crippen molar-refractivity contribution < 1.29 is 4.79 Å². The van der Waals surface area contributed by atoms with Gasteiger partial charge < -0.3 is 10.2 Å². The highest BCUT2D eigenvalue weighted by Gasteiger charge is 2.29. The van der Waals surface area contributed by atoms with Gasteiger partial charge in [0.25, 0.3) is 5.91 Å². The number of fused-ring (bicyclic) bond motifs is 1. The van der Waals surface area contributed by atoms with Crippen molar-refractivity contribution in [2.45, 2.75) is 13.3 Å². The zero-order valence-corrected chi connectivity index (χ0v) is 15.0. The number of hydrogen-bond acceptors (Lipinski definition) is 5. The van der Waals surface area contributed by atoms with Crippen LogP contribution in [0.4, 0.5) is 0 Å². The molecule has 134 valence electrons. The molecule has 7 heteroatoms. The maximum Gasteiger partial charge on any atom is 0.276 e. The zero-order valence-electron chi connectivity index (χ0n) is 15.0. The number of carbonyl (C=O) groups excluding carboxylic acids is 1. The molecule has 1 aliphatic heterocycles. The van der Waals surface area contributed by atoms with E-state index in [4.69, 9.17) is 0 Å². The van der Waals surface area contributed by atoms with Crippen LogP contribution in [0.5, 0.6) is 0 Å². The number of pyridine rings is 1. The molecule has 2 aromatic heterocycles. The minimum atomic E-state index is -0.0364. The lowest BCUT2D eigenvalue weighted by Crippen LogP contribution is -2.31. The second-order valence-corrected chi connectivity index (χ2v) is 6.75. The summed E-state index contributed by atoms with van der Waals surface area (Å²) in [6, 6.07) is 9.78. The van der Waals surface area contributed by atoms with Crippen molar-refractivity contribution in [2.24, 2.45) is 5.92 Å². The van der Waals surface area contributed by atoms with Gasteiger partial charge in [0.1, 0.15) is 0 Å². The van der Waals surface area contributed by atoms with E-state index < -0.39 is 0 Å². The Kier molecular flexibility index (Phi) is 4.38. The number of aromatic nitrogens is 4. The summed E-state index contributed by atoms with van der Waals surface area (Å²) >= 11 is 0. The molecule has 4 rings (SSSR count). The first kappa shape index (κ1) is 16.7. The summed E-state index contributed by atoms with van der Waals surface area (Å²) in [6.07, 6.45) is 2.79. The topological polar surface area (TPSA) is 75.9 Å². The van der Waals surface area contributed by atoms with Crippen molar-refractivity contribution in [3.63, 3.8) is 0 Å². The van der Waals surface area contributed by atoms with Gasteiger partial charge >= 0.3 is 0 Å². The van der Waals surface area contributed by atoms with Gasteiger partial charge in [-0.05, 0) is 57.1 Å². The van der Waals surface area contributed by atoms with Crippen LogP contribution in [0.1, 0.15) is 22.6 Å². The zero-order chi connectivity index (χ0) is 18.1. The van der Waals surface area contributed by atoms with Gasteiger partial charge in [-0.1, -0.05) is 11.3 Å². The van der Waals surface area contributed by atoms with Crippen LogP contribution >= 0.6 is 0 Å². The largest absolute Gasteiger partial charge is 0.337 e. The molecular formula is C19H22N6O. The van der Waals surface area contributed by atoms with E-state index in [0.29, 0.717) is 11.6 Å². The molecule has 7 nitrogen and oxygen atoms in total. The van der Waals surface area contributed by atoms with Gasteiger partial charge in [-0.3, -0.25) is 9.78 Å². The van der Waals surface area contributed by atoms with Gasteiger partial charge in [-0.15, -0.1) is 5.10 Å². The van der Waals surface area contributed by atoms with Gasteiger partial charge in [-0.25, -0.2) is 4.68 Å². The van der Waals surface area contributed by atoms with Crippen LogP contribution < -0.4 is 5.32 Å². The Morgan fingerprint density at radius 2 is 2.19 bits per heavy atom. The fourth-order valence-corrected chi connectivity index (χ4v) is 3.65. The fraction of sp³-hybridized carbons (Fsp3) is 0.368. The highest BCUT2D eigenvalue weighted by molar-refractivity contribution is 5.94. The predicted octanol–water partition coefficient (Wildman–Crippen LogP) is 1.81. The van der Waals surface area contributed by atoms with E-state index in [2.05, 4.69) is 20.6 Å². The molecule has 3 aromatic rings. The first-order valence-electron chi connectivity index (χ1n) is 8.89. The molecule has 1 aromatic carbocycles. The van der Waals surface area contributed by atoms with Gasteiger partial charge in [0.15, 0.2) is 5.69 Å². The van der Waals surface area contributed by atoms with Crippen LogP contribution in [0.25, 0.3) is 16.6 Å². The molecular weight excluding hydrogens is 328 g/mol. The molecule has 3 heterocycles. The molecule has 1 amide bonds. The third-order valence-electron chi connectivity index (χ3n) is 5.01. The molecule has 26 heavy (non-hydrogen) atoms. The lowest BCUT2D eigenvalue weighted by Gasteiger charge is -2.15. The third kappa shape index (κ3) is 2.84. The Bertz CT molecular complexity index is 945. The third-order valence-corrected chi connectivity index (χ3v) is 5.01. The van der Waals surface area contributed by atoms with Crippen molar-refractivity contribution in [2.75, 3.05) is 26.7 Å². The monoisotopic (exact) mass is 350 g/mol. The van der Waals surface area contributed by atoms with Crippen molar-refractivity contribution in [3.05, 3.63) is 47.9 Å². The van der Waals surface area contributed by atoms with Crippen LogP contribution in [-0.2, 0) is 0 Å². The lowest BCUT2D eigenvalue weighted by molar-refractivity contribution is 0.0780. The summed E-state index contributed by atoms with van der Waals surface area (Å²) in [6.45, 7) is 4.36. The fourth-order valence-electron chi connectivity index (χ4n) is 3.65. The summed E-state index contributed by atoms with van der Waals surface area (Å²) in [5.74, 6) is 0.467. The molecule has 1 atom stereocenters. The van der Waals surface area contributed by atoms with E-state index >= 15 is 0 Å². The van der Waals surface area contributed by atoms with E-state index in [1.54, 1.807) is 10.9 Å². The predicted molar refractivity (Wildman–Crippen MR) is 99.3 cm³/mol. The van der Waals surface area contributed by atoms with Crippen LogP contribution in [0.2, 0.25) is 0 Å². The summed E-state index contributed by atoms with van der Waals surface area (Å²) in [7, 11) is 1.94. The van der Waals surface area contributed by atoms with E-state index in [9.17, 15) is 4.79 Å². The van der Waals surface area contributed by atoms with Gasteiger partial charge in [0, 0.05) is 24.7 Å². The number of carbonyl (C=O) groups is 1. The Labute approximate surface area is 152 Å². The Morgan fingerprint density at radius 1 is 1.31 bits per heavy atom. The maximum atomic E-state index is 12.9. The molecule has 0 spiro atoms. The van der Waals surface area contributed by atoms with Crippen LogP contribution in [0, 0.1) is 12.8 Å². The molecule has 1 N–H and O–H groups in total. The summed E-state index contributed by atoms with van der Waals surface area (Å²) in [4.78, 5) is 19.2. The number of nitrogens with one attached hydrogen (secondary N) is 1. The second-order valence-electron chi connectivity index (χ2n) is 6.75. The molecule has 1 saturated heterocycles. The Morgan fingerprint density at radius 3 is 3.04 bits per heavy atom. The number of amides is 1. The van der Waals surface area contributed by atoms with E-state index in [1.807, 2.05) is 49.2 Å². The molecule has 0 aliphatic carbocycles. The average molecular weight is 350 g/mol. The van der Waals surface area contributed by atoms with Crippen LogP contribution in [0.3, 0.4) is 0 Å². The highest BCUT2D eigenvalue weighted by atomic mass is 16.2. The molecule has 0 bridgehead atoms. The number of hydrogen-bond donors (Lipinski definition) is 1. The average Bonchev–Trinajstić information content (AvgIpc) is 3.28. The molecule has 1 unspecified atom stereocenters. The first-order chi connectivity index (χ1) is 12.7. The summed E-state index contributed by atoms with van der Waals surface area (Å²) in [5.41, 5.74) is 2.95. The molecule has 0 saturated carbocycles. The van der Waals surface area contributed by atoms with E-state index in [-0.39, 0.29) is 5.91 Å². The molecule has 1 fully saturated rings. The van der Waals surface area contributed by atoms with E-state index in [1.165, 1.54) is 0 Å². The molecule has 0 radical (unpaired) electrons. The lowest BCUT2D eigenvalue weighted by atomic mass is 10.1. The van der Waals surface area contributed by atoms with Crippen molar-refractivity contribution in [1.82, 2.24) is 30.2 Å². The van der Waals surface area contributed by atoms with Crippen molar-refractivity contribution in [1.29, 1.82) is 0 Å². The van der Waals surface area contributed by atoms with Crippen LogP contribution in [0.15, 0.2) is 36.5 Å². The highest BCUT2D eigenvalue weighted by Crippen LogP contribution is 2.23. The Balaban J connectivity index is 1.65. The Hall–Kier alpha value is -2.80. The minimum Gasteiger partial charge on any atom is -0.337 e. The van der Waals surface area contributed by atoms with Gasteiger partial charge in [-0.2, -0.15) is 0 Å². The smallest absolute Gasteiger partial charge is 0.276 e. The van der Waals surface area contributed by atoms with Gasteiger partial charge in [0.2, 0.25) is 0 Å². The second kappa shape index (κ2) is 6.84. The minimum absolute atomic E-state index is 0.0364. The molecule has 1 aliphatic rings. The van der Waals surface area contributed by atoms with Crippen LogP contribution in [-0.4, -0.2) is 57.5 Å². The quantitative estimate of drug-likeness (QED) is 0.777. The van der Waals surface area contributed by atoms with E-state index in [0.717, 1.165) is 48.3 Å². The standard InChI is InChI=1S/C19H22N6O/c1-13-18(19(26)24-10-8-14(12-24)11-20-2)22-23-25(13)17-7-3-6-16-15(17)5-4-9-21-16/h3-7,9,14,20H,8,10-12H2,1-2H3. The summed E-state index contributed by atoms with van der Waals surface area (Å²) in [5, 5.41) is 12.6.